The topological polar surface area (TPSA) is 84.5 Å². The number of aliphatic hydroxyl groups is 1. The molecule has 1 aromatic carbocycles. The van der Waals surface area contributed by atoms with Gasteiger partial charge in [0.1, 0.15) is 5.69 Å². The van der Waals surface area contributed by atoms with Crippen molar-refractivity contribution in [1.82, 2.24) is 9.97 Å². The van der Waals surface area contributed by atoms with E-state index in [1.807, 2.05) is 19.1 Å². The van der Waals surface area contributed by atoms with Gasteiger partial charge in [0.25, 0.3) is 0 Å². The molecule has 168 valence electrons. The molecule has 1 atom stereocenters. The summed E-state index contributed by atoms with van der Waals surface area (Å²) in [6.45, 7) is 5.85. The second-order valence-corrected chi connectivity index (χ2v) is 9.60. The van der Waals surface area contributed by atoms with Gasteiger partial charge in [-0.15, -0.1) is 0 Å². The van der Waals surface area contributed by atoms with Crippen LogP contribution in [0, 0.1) is 18.3 Å². The second kappa shape index (κ2) is 9.59. The highest BCUT2D eigenvalue weighted by Crippen LogP contribution is 2.41. The Bertz CT molecular complexity index is 926. The van der Waals surface area contributed by atoms with E-state index in [4.69, 9.17) is 43.6 Å². The quantitative estimate of drug-likeness (QED) is 0.665. The first kappa shape index (κ1) is 22.7. The molecule has 0 spiro atoms. The number of piperidine rings is 1. The number of nitrogens with zero attached hydrogens (tertiary/aromatic N) is 3. The fraction of sp³-hybridized carbons (Fsp3) is 0.565. The Morgan fingerprint density at radius 2 is 2.03 bits per heavy atom. The van der Waals surface area contributed by atoms with Gasteiger partial charge in [-0.2, -0.15) is 0 Å². The van der Waals surface area contributed by atoms with Crippen molar-refractivity contribution in [2.75, 3.05) is 37.7 Å². The first-order valence-electron chi connectivity index (χ1n) is 10.9. The van der Waals surface area contributed by atoms with E-state index < -0.39 is 0 Å². The fourth-order valence-electron chi connectivity index (χ4n) is 4.88. The minimum atomic E-state index is -0.189. The molecule has 0 amide bonds. The molecule has 2 aliphatic rings. The van der Waals surface area contributed by atoms with Gasteiger partial charge >= 0.3 is 0 Å². The van der Waals surface area contributed by atoms with Crippen molar-refractivity contribution >= 4 is 29.0 Å². The van der Waals surface area contributed by atoms with E-state index in [0.717, 1.165) is 69.1 Å². The molecule has 0 saturated carbocycles. The van der Waals surface area contributed by atoms with Crippen molar-refractivity contribution < 1.29 is 9.84 Å². The van der Waals surface area contributed by atoms with E-state index in [0.29, 0.717) is 33.9 Å². The smallest absolute Gasteiger partial charge is 0.153 e. The maximum absolute atomic E-state index is 10.1. The molecule has 1 aromatic heterocycles. The second-order valence-electron chi connectivity index (χ2n) is 8.81. The molecule has 4 rings (SSSR count). The molecule has 8 heteroatoms. The van der Waals surface area contributed by atoms with E-state index in [-0.39, 0.29) is 12.0 Å². The van der Waals surface area contributed by atoms with Gasteiger partial charge in [-0.3, -0.25) is 0 Å². The Labute approximate surface area is 193 Å². The minimum absolute atomic E-state index is 0.158. The summed E-state index contributed by atoms with van der Waals surface area (Å²) in [6, 6.07) is 5.45. The van der Waals surface area contributed by atoms with Crippen LogP contribution in [0.5, 0.6) is 0 Å². The highest BCUT2D eigenvalue weighted by molar-refractivity contribution is 6.43. The van der Waals surface area contributed by atoms with Crippen molar-refractivity contribution in [1.29, 1.82) is 0 Å². The van der Waals surface area contributed by atoms with Crippen LogP contribution in [0.2, 0.25) is 10.0 Å². The number of hydrogen-bond acceptors (Lipinski definition) is 6. The number of anilines is 1. The number of hydrogen-bond donors (Lipinski definition) is 2. The van der Waals surface area contributed by atoms with Crippen LogP contribution < -0.4 is 10.6 Å². The monoisotopic (exact) mass is 464 g/mol. The van der Waals surface area contributed by atoms with Crippen LogP contribution in [0.15, 0.2) is 18.2 Å². The molecule has 0 bridgehead atoms. The maximum Gasteiger partial charge on any atom is 0.153 e. The minimum Gasteiger partial charge on any atom is -0.390 e. The predicted octanol–water partition coefficient (Wildman–Crippen LogP) is 4.22. The van der Waals surface area contributed by atoms with Crippen LogP contribution >= 0.6 is 23.2 Å². The van der Waals surface area contributed by atoms with Gasteiger partial charge in [-0.1, -0.05) is 35.3 Å². The van der Waals surface area contributed by atoms with E-state index in [9.17, 15) is 5.11 Å². The Kier molecular flexibility index (Phi) is 7.04. The molecular formula is C23H30Cl2N4O2. The van der Waals surface area contributed by atoms with E-state index in [1.165, 1.54) is 0 Å². The molecule has 31 heavy (non-hydrogen) atoms. The van der Waals surface area contributed by atoms with Gasteiger partial charge < -0.3 is 20.5 Å². The molecule has 6 nitrogen and oxygen atoms in total. The van der Waals surface area contributed by atoms with Gasteiger partial charge in [0, 0.05) is 31.9 Å². The summed E-state index contributed by atoms with van der Waals surface area (Å²) in [5.41, 5.74) is 9.08. The molecule has 2 aliphatic heterocycles. The van der Waals surface area contributed by atoms with Crippen molar-refractivity contribution in [3.63, 3.8) is 0 Å². The standard InChI is InChI=1S/C23H30Cl2N4O2/c1-15-21(17-3-2-4-18(24)20(17)25)28-19(12-30)22(27-15)29-8-6-23(14-26,7-9-29)11-16-5-10-31-13-16/h2-4,16,30H,5-14,26H2,1H3. The lowest BCUT2D eigenvalue weighted by Crippen LogP contribution is -2.45. The summed E-state index contributed by atoms with van der Waals surface area (Å²) in [6.07, 6.45) is 4.28. The number of rotatable bonds is 6. The number of benzene rings is 1. The molecule has 2 saturated heterocycles. The summed E-state index contributed by atoms with van der Waals surface area (Å²) in [5, 5.41) is 11.0. The summed E-state index contributed by atoms with van der Waals surface area (Å²) < 4.78 is 5.57. The molecule has 2 aromatic rings. The Hall–Kier alpha value is -1.44. The number of ether oxygens (including phenoxy) is 1. The fourth-order valence-corrected chi connectivity index (χ4v) is 5.27. The lowest BCUT2D eigenvalue weighted by Gasteiger charge is -2.43. The number of aryl methyl sites for hydroxylation is 1. The molecular weight excluding hydrogens is 435 g/mol. The first-order chi connectivity index (χ1) is 15.0. The van der Waals surface area contributed by atoms with E-state index >= 15 is 0 Å². The zero-order valence-electron chi connectivity index (χ0n) is 17.9. The van der Waals surface area contributed by atoms with Crippen molar-refractivity contribution in [3.05, 3.63) is 39.6 Å². The zero-order chi connectivity index (χ0) is 22.0. The van der Waals surface area contributed by atoms with Crippen LogP contribution in [0.25, 0.3) is 11.3 Å². The van der Waals surface area contributed by atoms with Crippen LogP contribution in [0.1, 0.15) is 37.1 Å². The highest BCUT2D eigenvalue weighted by Gasteiger charge is 2.37. The molecule has 3 heterocycles. The van der Waals surface area contributed by atoms with E-state index in [1.54, 1.807) is 6.07 Å². The van der Waals surface area contributed by atoms with Gasteiger partial charge in [0.15, 0.2) is 5.82 Å². The Morgan fingerprint density at radius 1 is 1.26 bits per heavy atom. The van der Waals surface area contributed by atoms with Gasteiger partial charge in [0.05, 0.1) is 28.0 Å². The van der Waals surface area contributed by atoms with Crippen LogP contribution in [-0.4, -0.2) is 47.9 Å². The third kappa shape index (κ3) is 4.69. The molecule has 0 aliphatic carbocycles. The molecule has 0 radical (unpaired) electrons. The van der Waals surface area contributed by atoms with Gasteiger partial charge in [-0.25, -0.2) is 9.97 Å². The SMILES string of the molecule is Cc1nc(N2CCC(CN)(CC3CCOC3)CC2)c(CO)nc1-c1cccc(Cl)c1Cl. The third-order valence-electron chi connectivity index (χ3n) is 6.78. The maximum atomic E-state index is 10.1. The first-order valence-corrected chi connectivity index (χ1v) is 11.7. The highest BCUT2D eigenvalue weighted by atomic mass is 35.5. The van der Waals surface area contributed by atoms with Crippen molar-refractivity contribution in [2.45, 2.75) is 39.2 Å². The number of aromatic nitrogens is 2. The average molecular weight is 465 g/mol. The summed E-state index contributed by atoms with van der Waals surface area (Å²) in [4.78, 5) is 11.8. The van der Waals surface area contributed by atoms with Crippen LogP contribution in [0.3, 0.4) is 0 Å². The average Bonchev–Trinajstić information content (AvgIpc) is 3.29. The molecule has 2 fully saturated rings. The number of aliphatic hydroxyl groups excluding tert-OH is 1. The number of halogens is 2. The van der Waals surface area contributed by atoms with Gasteiger partial charge in [-0.05, 0) is 56.6 Å². The van der Waals surface area contributed by atoms with Crippen molar-refractivity contribution in [3.8, 4) is 11.3 Å². The van der Waals surface area contributed by atoms with Crippen LogP contribution in [-0.2, 0) is 11.3 Å². The summed E-state index contributed by atoms with van der Waals surface area (Å²) in [7, 11) is 0. The molecule has 3 N–H and O–H groups in total. The Balaban J connectivity index is 1.56. The third-order valence-corrected chi connectivity index (χ3v) is 7.60. The lowest BCUT2D eigenvalue weighted by atomic mass is 9.72. The zero-order valence-corrected chi connectivity index (χ0v) is 19.4. The summed E-state index contributed by atoms with van der Waals surface area (Å²) >= 11 is 12.6. The normalized spacial score (nSPS) is 20.9. The predicted molar refractivity (Wildman–Crippen MR) is 125 cm³/mol. The summed E-state index contributed by atoms with van der Waals surface area (Å²) in [5.74, 6) is 1.36. The van der Waals surface area contributed by atoms with E-state index in [2.05, 4.69) is 4.90 Å². The molecule has 1 unspecified atom stereocenters. The van der Waals surface area contributed by atoms with Crippen molar-refractivity contribution in [2.24, 2.45) is 17.1 Å². The number of nitrogens with two attached hydrogens (primary N) is 1. The largest absolute Gasteiger partial charge is 0.390 e. The van der Waals surface area contributed by atoms with Gasteiger partial charge in [0.2, 0.25) is 0 Å². The Morgan fingerprint density at radius 3 is 2.68 bits per heavy atom. The lowest BCUT2D eigenvalue weighted by molar-refractivity contribution is 0.143. The van der Waals surface area contributed by atoms with Crippen LogP contribution in [0.4, 0.5) is 5.82 Å².